The minimum Gasteiger partial charge on any atom is -0.297 e. The minimum absolute atomic E-state index is 0.209. The molecule has 0 aromatic heterocycles. The fraction of sp³-hybridized carbons (Fsp3) is 0.588. The molecule has 0 N–H and O–H groups in total. The van der Waals surface area contributed by atoms with Gasteiger partial charge in [-0.25, -0.2) is 4.39 Å². The first kappa shape index (κ1) is 16.6. The molecule has 0 atom stereocenters. The van der Waals surface area contributed by atoms with Gasteiger partial charge in [-0.2, -0.15) is 0 Å². The lowest BCUT2D eigenvalue weighted by molar-refractivity contribution is -0.130. The molecule has 4 heteroatoms. The van der Waals surface area contributed by atoms with Gasteiger partial charge in [0.1, 0.15) is 5.82 Å². The second-order valence-corrected chi connectivity index (χ2v) is 6.62. The van der Waals surface area contributed by atoms with Gasteiger partial charge >= 0.3 is 0 Å². The molecule has 0 radical (unpaired) electrons. The van der Waals surface area contributed by atoms with Crippen LogP contribution in [0.25, 0.3) is 0 Å². The van der Waals surface area contributed by atoms with Gasteiger partial charge in [0.05, 0.1) is 5.54 Å². The number of hydrogen-bond acceptors (Lipinski definition) is 2. The topological polar surface area (TPSA) is 20.3 Å². The van der Waals surface area contributed by atoms with E-state index in [4.69, 9.17) is 0 Å². The minimum atomic E-state index is -0.387. The van der Waals surface area contributed by atoms with E-state index >= 15 is 0 Å². The third-order valence-corrected chi connectivity index (χ3v) is 5.53. The highest BCUT2D eigenvalue weighted by atomic mass is 79.9. The first-order valence-corrected chi connectivity index (χ1v) is 8.55. The highest BCUT2D eigenvalue weighted by molar-refractivity contribution is 9.10. The van der Waals surface area contributed by atoms with Crippen LogP contribution in [0.15, 0.2) is 22.7 Å². The molecule has 1 aliphatic rings. The summed E-state index contributed by atoms with van der Waals surface area (Å²) in [5, 5.41) is 0. The lowest BCUT2D eigenvalue weighted by Gasteiger charge is -2.39. The summed E-state index contributed by atoms with van der Waals surface area (Å²) in [4.78, 5) is 15.3. The SMILES string of the molecule is CCC(CC)(C(=O)Cc1cc(F)ccc1Br)N1CCCC1. The Morgan fingerprint density at radius 3 is 2.48 bits per heavy atom. The maximum Gasteiger partial charge on any atom is 0.157 e. The lowest BCUT2D eigenvalue weighted by Crippen LogP contribution is -2.53. The average Bonchev–Trinajstić information content (AvgIpc) is 2.99. The van der Waals surface area contributed by atoms with Gasteiger partial charge in [0, 0.05) is 10.9 Å². The smallest absolute Gasteiger partial charge is 0.157 e. The quantitative estimate of drug-likeness (QED) is 0.755. The average molecular weight is 356 g/mol. The molecule has 1 aliphatic heterocycles. The number of ketones is 1. The van der Waals surface area contributed by atoms with E-state index in [-0.39, 0.29) is 23.6 Å². The van der Waals surface area contributed by atoms with Crippen molar-refractivity contribution in [2.24, 2.45) is 0 Å². The number of hydrogen-bond donors (Lipinski definition) is 0. The molecular formula is C17H23BrFNO. The molecule has 0 spiro atoms. The van der Waals surface area contributed by atoms with E-state index < -0.39 is 0 Å². The van der Waals surface area contributed by atoms with E-state index in [9.17, 15) is 9.18 Å². The zero-order valence-corrected chi connectivity index (χ0v) is 14.4. The van der Waals surface area contributed by atoms with Crippen molar-refractivity contribution < 1.29 is 9.18 Å². The molecule has 0 saturated carbocycles. The van der Waals surface area contributed by atoms with E-state index in [0.29, 0.717) is 0 Å². The highest BCUT2D eigenvalue weighted by Gasteiger charge is 2.41. The third-order valence-electron chi connectivity index (χ3n) is 4.76. The number of nitrogens with zero attached hydrogens (tertiary/aromatic N) is 1. The number of Topliss-reactive ketones (excluding diaryl/α,β-unsaturated/α-hetero) is 1. The molecule has 1 aromatic rings. The molecule has 0 unspecified atom stereocenters. The molecule has 1 aromatic carbocycles. The maximum absolute atomic E-state index is 13.4. The fourth-order valence-corrected chi connectivity index (χ4v) is 3.82. The summed E-state index contributed by atoms with van der Waals surface area (Å²) >= 11 is 3.42. The number of halogens is 2. The van der Waals surface area contributed by atoms with Gasteiger partial charge in [0.15, 0.2) is 5.78 Å². The van der Waals surface area contributed by atoms with Gasteiger partial charge in [-0.05, 0) is 62.5 Å². The molecule has 116 valence electrons. The van der Waals surface area contributed by atoms with Crippen LogP contribution < -0.4 is 0 Å². The zero-order valence-electron chi connectivity index (χ0n) is 12.8. The second kappa shape index (κ2) is 7.01. The highest BCUT2D eigenvalue weighted by Crippen LogP contribution is 2.31. The second-order valence-electron chi connectivity index (χ2n) is 5.77. The van der Waals surface area contributed by atoms with Crippen LogP contribution in [0, 0.1) is 5.82 Å². The predicted octanol–water partition coefficient (Wildman–Crippen LogP) is 4.35. The summed E-state index contributed by atoms with van der Waals surface area (Å²) in [6, 6.07) is 4.54. The molecule has 0 amide bonds. The summed E-state index contributed by atoms with van der Waals surface area (Å²) in [7, 11) is 0. The van der Waals surface area contributed by atoms with Crippen molar-refractivity contribution in [2.45, 2.75) is 51.5 Å². The molecule has 2 nitrogen and oxygen atoms in total. The Labute approximate surface area is 134 Å². The van der Waals surface area contributed by atoms with Crippen molar-refractivity contribution >= 4 is 21.7 Å². The summed E-state index contributed by atoms with van der Waals surface area (Å²) < 4.78 is 14.2. The summed E-state index contributed by atoms with van der Waals surface area (Å²) in [5.41, 5.74) is 0.355. The molecule has 0 aliphatic carbocycles. The molecule has 0 bridgehead atoms. The number of likely N-dealkylation sites (tertiary alicyclic amines) is 1. The van der Waals surface area contributed by atoms with Crippen LogP contribution in [0.2, 0.25) is 0 Å². The van der Waals surface area contributed by atoms with Crippen molar-refractivity contribution in [3.05, 3.63) is 34.1 Å². The van der Waals surface area contributed by atoms with Crippen molar-refractivity contribution in [1.29, 1.82) is 0 Å². The largest absolute Gasteiger partial charge is 0.297 e. The van der Waals surface area contributed by atoms with Gasteiger partial charge in [0.25, 0.3) is 0 Å². The number of carbonyl (C=O) groups excluding carboxylic acids is 1. The Balaban J connectivity index is 2.24. The van der Waals surface area contributed by atoms with Crippen molar-refractivity contribution in [3.63, 3.8) is 0 Å². The summed E-state index contributed by atoms with van der Waals surface area (Å²) in [6.07, 6.45) is 4.25. The van der Waals surface area contributed by atoms with Gasteiger partial charge in [-0.1, -0.05) is 29.8 Å². The molecule has 21 heavy (non-hydrogen) atoms. The van der Waals surface area contributed by atoms with Crippen molar-refractivity contribution in [2.75, 3.05) is 13.1 Å². The molecule has 1 heterocycles. The Kier molecular flexibility index (Phi) is 5.55. The predicted molar refractivity (Wildman–Crippen MR) is 86.9 cm³/mol. The van der Waals surface area contributed by atoms with E-state index in [0.717, 1.165) is 36.0 Å². The Morgan fingerprint density at radius 1 is 1.29 bits per heavy atom. The normalized spacial score (nSPS) is 16.4. The first-order valence-electron chi connectivity index (χ1n) is 7.75. The number of rotatable bonds is 6. The fourth-order valence-electron chi connectivity index (χ4n) is 3.43. The first-order chi connectivity index (χ1) is 10.0. The Bertz CT molecular complexity index is 508. The van der Waals surface area contributed by atoms with Gasteiger partial charge in [0.2, 0.25) is 0 Å². The molecule has 1 saturated heterocycles. The molecular weight excluding hydrogens is 333 g/mol. The van der Waals surface area contributed by atoms with E-state index in [1.165, 1.54) is 25.0 Å². The van der Waals surface area contributed by atoms with Crippen molar-refractivity contribution in [1.82, 2.24) is 4.90 Å². The van der Waals surface area contributed by atoms with Crippen LogP contribution in [-0.2, 0) is 11.2 Å². The Morgan fingerprint density at radius 2 is 1.90 bits per heavy atom. The van der Waals surface area contributed by atoms with Crippen LogP contribution in [0.5, 0.6) is 0 Å². The third kappa shape index (κ3) is 3.37. The molecule has 1 fully saturated rings. The summed E-state index contributed by atoms with van der Waals surface area (Å²) in [5.74, 6) is -0.0820. The van der Waals surface area contributed by atoms with E-state index in [2.05, 4.69) is 34.7 Å². The monoisotopic (exact) mass is 355 g/mol. The van der Waals surface area contributed by atoms with Crippen molar-refractivity contribution in [3.8, 4) is 0 Å². The van der Waals surface area contributed by atoms with Gasteiger partial charge in [-0.15, -0.1) is 0 Å². The van der Waals surface area contributed by atoms with Gasteiger partial charge < -0.3 is 0 Å². The number of carbonyl (C=O) groups is 1. The summed E-state index contributed by atoms with van der Waals surface area (Å²) in [6.45, 7) is 6.16. The Hall–Kier alpha value is -0.740. The standard InChI is InChI=1S/C17H23BrFNO/c1-3-17(4-2,20-9-5-6-10-20)16(21)12-13-11-14(19)7-8-15(13)18/h7-8,11H,3-6,9-10,12H2,1-2H3. The van der Waals surface area contributed by atoms with Crippen LogP contribution in [-0.4, -0.2) is 29.3 Å². The van der Waals surface area contributed by atoms with Crippen LogP contribution in [0.1, 0.15) is 45.1 Å². The lowest BCUT2D eigenvalue weighted by atomic mass is 9.83. The van der Waals surface area contributed by atoms with Crippen LogP contribution >= 0.6 is 15.9 Å². The van der Waals surface area contributed by atoms with E-state index in [1.807, 2.05) is 0 Å². The van der Waals surface area contributed by atoms with Crippen LogP contribution in [0.4, 0.5) is 4.39 Å². The zero-order chi connectivity index (χ0) is 15.5. The van der Waals surface area contributed by atoms with Crippen LogP contribution in [0.3, 0.4) is 0 Å². The molecule has 2 rings (SSSR count). The van der Waals surface area contributed by atoms with E-state index in [1.54, 1.807) is 6.07 Å². The van der Waals surface area contributed by atoms with Gasteiger partial charge in [-0.3, -0.25) is 9.69 Å². The number of benzene rings is 1. The maximum atomic E-state index is 13.4.